The largest absolute Gasteiger partial charge is 3.00 e. The van der Waals surface area contributed by atoms with E-state index in [0.29, 0.717) is 0 Å². The zero-order chi connectivity index (χ0) is 9.00. The normalized spacial score (nSPS) is 9.23. The minimum absolute atomic E-state index is 0. The first-order chi connectivity index (χ1) is 4.00. The molecule has 0 atom stereocenters. The summed E-state index contributed by atoms with van der Waals surface area (Å²) in [5.41, 5.74) is 0. The molecule has 8 nitrogen and oxygen atoms in total. The summed E-state index contributed by atoms with van der Waals surface area (Å²) in [4.78, 5) is 68.6. The van der Waals surface area contributed by atoms with E-state index in [4.69, 9.17) is 38.4 Å². The second-order valence-corrected chi connectivity index (χ2v) is 3.00. The van der Waals surface area contributed by atoms with Gasteiger partial charge < -0.3 is 56.5 Å². The SMILES string of the molecule is [Al+3].[B+3].[O-][Si]([O-])([O-])[O-].[O-][Si]([O-])([O-])[O-].[Zn+2]. The van der Waals surface area contributed by atoms with Crippen LogP contribution >= 0.6 is 0 Å². The Hall–Kier alpha value is 1.33. The quantitative estimate of drug-likeness (QED) is 0.393. The van der Waals surface area contributed by atoms with Crippen molar-refractivity contribution in [2.45, 2.75) is 0 Å². The van der Waals surface area contributed by atoms with Gasteiger partial charge in [-0.2, -0.15) is 0 Å². The molecule has 0 radical (unpaired) electrons. The summed E-state index contributed by atoms with van der Waals surface area (Å²) in [5.74, 6) is 0. The number of hydrogen-bond acceptors (Lipinski definition) is 8. The molecule has 0 N–H and O–H groups in total. The molecule has 0 aliphatic heterocycles. The summed E-state index contributed by atoms with van der Waals surface area (Å²) < 4.78 is 0. The van der Waals surface area contributed by atoms with Crippen LogP contribution in [0.2, 0.25) is 0 Å². The monoisotopic (exact) mass is 286 g/mol. The predicted molar refractivity (Wildman–Crippen MR) is 23.0 cm³/mol. The van der Waals surface area contributed by atoms with Crippen molar-refractivity contribution in [3.63, 3.8) is 0 Å². The van der Waals surface area contributed by atoms with Gasteiger partial charge in [-0.25, -0.2) is 0 Å². The van der Waals surface area contributed by atoms with Gasteiger partial charge in [-0.15, -0.1) is 0 Å². The summed E-state index contributed by atoms with van der Waals surface area (Å²) in [6.45, 7) is 0. The van der Waals surface area contributed by atoms with Crippen LogP contribution < -0.4 is 38.4 Å². The molecule has 0 aromatic heterocycles. The van der Waals surface area contributed by atoms with Crippen molar-refractivity contribution in [2.75, 3.05) is 0 Å². The third-order valence-electron chi connectivity index (χ3n) is 0. The van der Waals surface area contributed by atoms with E-state index in [1.54, 1.807) is 0 Å². The molecule has 0 aromatic rings. The van der Waals surface area contributed by atoms with Gasteiger partial charge in [-0.05, 0) is 0 Å². The summed E-state index contributed by atoms with van der Waals surface area (Å²) in [5, 5.41) is 0. The van der Waals surface area contributed by atoms with E-state index in [-0.39, 0.29) is 45.3 Å². The molecule has 0 aliphatic rings. The van der Waals surface area contributed by atoms with E-state index in [2.05, 4.69) is 0 Å². The Morgan fingerprint density at radius 3 is 0.538 bits per heavy atom. The van der Waals surface area contributed by atoms with Gasteiger partial charge in [0.25, 0.3) is 0 Å². The molecule has 0 aliphatic carbocycles. The second-order valence-electron chi connectivity index (χ2n) is 1.00. The fourth-order valence-electron chi connectivity index (χ4n) is 0. The third kappa shape index (κ3) is 962. The van der Waals surface area contributed by atoms with Crippen LogP contribution in [0, 0.1) is 0 Å². The van der Waals surface area contributed by atoms with Gasteiger partial charge in [0.05, 0.1) is 0 Å². The van der Waals surface area contributed by atoms with Crippen LogP contribution in [-0.4, -0.2) is 43.9 Å². The van der Waals surface area contributed by atoms with Crippen molar-refractivity contribution < 1.29 is 57.8 Å². The van der Waals surface area contributed by atoms with Crippen LogP contribution in [0.1, 0.15) is 0 Å². The fraction of sp³-hybridized carbons (Fsp3) is 0. The summed E-state index contributed by atoms with van der Waals surface area (Å²) in [6.07, 6.45) is 0. The molecule has 0 spiro atoms. The molecule has 0 bridgehead atoms. The molecule has 0 unspecified atom stereocenters. The van der Waals surface area contributed by atoms with Gasteiger partial charge in [-0.1, -0.05) is 0 Å². The van der Waals surface area contributed by atoms with Gasteiger partial charge >= 0.3 is 45.3 Å². The topological polar surface area (TPSA) is 184 Å². The van der Waals surface area contributed by atoms with Crippen LogP contribution in [0.15, 0.2) is 0 Å². The number of rotatable bonds is 0. The minimum Gasteiger partial charge on any atom is -0.894 e. The molecular formula is AlBO8Si2Zn. The van der Waals surface area contributed by atoms with Crippen LogP contribution in [-0.2, 0) is 19.5 Å². The van der Waals surface area contributed by atoms with E-state index in [1.165, 1.54) is 0 Å². The second kappa shape index (κ2) is 11.4. The van der Waals surface area contributed by atoms with Gasteiger partial charge in [0, 0.05) is 0 Å². The van der Waals surface area contributed by atoms with E-state index >= 15 is 0 Å². The average Bonchev–Trinajstić information content (AvgIpc) is 1.12. The van der Waals surface area contributed by atoms with Gasteiger partial charge in [0.2, 0.25) is 0 Å². The Balaban J connectivity index is -0.0000000267. The van der Waals surface area contributed by atoms with Crippen molar-refractivity contribution in [1.82, 2.24) is 0 Å². The zero-order valence-corrected chi connectivity index (χ0v) is 12.2. The molecule has 0 amide bonds. The first-order valence-corrected chi connectivity index (χ1v) is 4.90. The molecule has 0 rings (SSSR count). The molecule has 0 fully saturated rings. The molecule has 0 aromatic carbocycles. The van der Waals surface area contributed by atoms with Crippen molar-refractivity contribution in [1.29, 1.82) is 0 Å². The maximum atomic E-state index is 8.58. The van der Waals surface area contributed by atoms with Crippen molar-refractivity contribution >= 4 is 43.9 Å². The average molecular weight is 287 g/mol. The Morgan fingerprint density at radius 1 is 0.538 bits per heavy atom. The maximum Gasteiger partial charge on any atom is 3.00 e. The van der Waals surface area contributed by atoms with Gasteiger partial charge in [-0.3, -0.25) is 0 Å². The van der Waals surface area contributed by atoms with E-state index in [1.807, 2.05) is 0 Å². The zero-order valence-electron chi connectivity index (χ0n) is 6.13. The van der Waals surface area contributed by atoms with Gasteiger partial charge in [0.1, 0.15) is 0 Å². The van der Waals surface area contributed by atoms with Crippen LogP contribution in [0.25, 0.3) is 0 Å². The Labute approximate surface area is 102 Å². The van der Waals surface area contributed by atoms with E-state index < -0.39 is 18.1 Å². The summed E-state index contributed by atoms with van der Waals surface area (Å²) in [6, 6.07) is 0. The Bertz CT molecular complexity index is 65.1. The first-order valence-electron chi connectivity index (χ1n) is 1.63. The van der Waals surface area contributed by atoms with Crippen LogP contribution in [0.5, 0.6) is 0 Å². The van der Waals surface area contributed by atoms with E-state index in [0.717, 1.165) is 0 Å². The van der Waals surface area contributed by atoms with Crippen molar-refractivity contribution in [3.05, 3.63) is 0 Å². The minimum atomic E-state index is -5.61. The molecule has 0 saturated carbocycles. The molecule has 0 heterocycles. The van der Waals surface area contributed by atoms with E-state index in [9.17, 15) is 0 Å². The molecule has 0 saturated heterocycles. The maximum absolute atomic E-state index is 8.58. The molecular weight excluding hydrogens is 287 g/mol. The molecule has 13 heteroatoms. The fourth-order valence-corrected chi connectivity index (χ4v) is 0. The van der Waals surface area contributed by atoms with Crippen molar-refractivity contribution in [3.8, 4) is 0 Å². The predicted octanol–water partition coefficient (Wildman–Crippen LogP) is -11.0. The van der Waals surface area contributed by atoms with Crippen LogP contribution in [0.4, 0.5) is 0 Å². The smallest absolute Gasteiger partial charge is 0.894 e. The van der Waals surface area contributed by atoms with Gasteiger partial charge in [0.15, 0.2) is 0 Å². The molecule has 64 valence electrons. The summed E-state index contributed by atoms with van der Waals surface area (Å²) in [7, 11) is -11.2. The van der Waals surface area contributed by atoms with Crippen molar-refractivity contribution in [2.24, 2.45) is 0 Å². The first kappa shape index (κ1) is 29.3. The Kier molecular flexibility index (Phi) is 25.7. The third-order valence-corrected chi connectivity index (χ3v) is 0. The van der Waals surface area contributed by atoms with Crippen LogP contribution in [0.3, 0.4) is 0 Å². The molecule has 13 heavy (non-hydrogen) atoms. The summed E-state index contributed by atoms with van der Waals surface area (Å²) >= 11 is 0. The Morgan fingerprint density at radius 2 is 0.538 bits per heavy atom. The standard InChI is InChI=1S/Al.B.2O4Si.Zn/c;;2*1-5(2,3)4;/q2*+3;2*-4;+2. The number of hydrogen-bond donors (Lipinski definition) is 0.